The maximum atomic E-state index is 12.9. The van der Waals surface area contributed by atoms with Crippen molar-refractivity contribution >= 4 is 34.5 Å². The van der Waals surface area contributed by atoms with Crippen LogP contribution < -0.4 is 4.74 Å². The number of imide groups is 1. The zero-order chi connectivity index (χ0) is 19.8. The predicted octanol–water partition coefficient (Wildman–Crippen LogP) is 3.39. The number of carbonyl (C=O) groups is 2. The number of hydrazone groups is 1. The van der Waals surface area contributed by atoms with Crippen LogP contribution in [0.4, 0.5) is 5.69 Å². The highest BCUT2D eigenvalue weighted by atomic mass is 16.6. The molecule has 28 heavy (non-hydrogen) atoms. The number of nitro groups is 1. The molecule has 2 amide bonds. The molecule has 3 aromatic carbocycles. The minimum absolute atomic E-state index is 0.160. The number of hydrogen-bond acceptors (Lipinski definition) is 6. The molecule has 3 aromatic rings. The SMILES string of the molecule is COc1ccccc1C=NN1C(=O)c2cccc3c([N+](=O)[O-])ccc(c23)C1=O. The number of methoxy groups -OCH3 is 1. The van der Waals surface area contributed by atoms with Gasteiger partial charge in [0.15, 0.2) is 0 Å². The number of benzene rings is 3. The van der Waals surface area contributed by atoms with Crippen molar-refractivity contribution in [3.8, 4) is 5.75 Å². The van der Waals surface area contributed by atoms with E-state index >= 15 is 0 Å². The summed E-state index contributed by atoms with van der Waals surface area (Å²) in [6.45, 7) is 0. The molecule has 4 rings (SSSR count). The zero-order valence-corrected chi connectivity index (χ0v) is 14.7. The molecule has 0 unspecified atom stereocenters. The van der Waals surface area contributed by atoms with E-state index in [1.165, 1.54) is 37.6 Å². The van der Waals surface area contributed by atoms with Crippen LogP contribution in [-0.2, 0) is 0 Å². The molecule has 138 valence electrons. The first kappa shape index (κ1) is 17.3. The maximum absolute atomic E-state index is 12.9. The van der Waals surface area contributed by atoms with Crippen LogP contribution in [0.25, 0.3) is 10.8 Å². The monoisotopic (exact) mass is 375 g/mol. The fourth-order valence-electron chi connectivity index (χ4n) is 3.23. The molecule has 1 aliphatic heterocycles. The number of carbonyl (C=O) groups excluding carboxylic acids is 2. The molecule has 0 fully saturated rings. The normalized spacial score (nSPS) is 13.4. The third-order valence-corrected chi connectivity index (χ3v) is 4.51. The average molecular weight is 375 g/mol. The van der Waals surface area contributed by atoms with Gasteiger partial charge in [-0.3, -0.25) is 19.7 Å². The number of nitrogens with zero attached hydrogens (tertiary/aromatic N) is 3. The quantitative estimate of drug-likeness (QED) is 0.301. The smallest absolute Gasteiger partial charge is 0.282 e. The summed E-state index contributed by atoms with van der Waals surface area (Å²) in [5.74, 6) is -0.745. The summed E-state index contributed by atoms with van der Waals surface area (Å²) in [7, 11) is 1.51. The summed E-state index contributed by atoms with van der Waals surface area (Å²) in [6, 6.07) is 14.2. The van der Waals surface area contributed by atoms with Crippen LogP contribution in [0.5, 0.6) is 5.75 Å². The highest BCUT2D eigenvalue weighted by Crippen LogP contribution is 2.35. The lowest BCUT2D eigenvalue weighted by atomic mass is 9.94. The molecule has 0 bridgehead atoms. The van der Waals surface area contributed by atoms with Gasteiger partial charge in [-0.1, -0.05) is 18.2 Å². The van der Waals surface area contributed by atoms with E-state index in [2.05, 4.69) is 5.10 Å². The van der Waals surface area contributed by atoms with Crippen molar-refractivity contribution in [2.24, 2.45) is 5.10 Å². The molecule has 0 saturated heterocycles. The Morgan fingerprint density at radius 2 is 1.71 bits per heavy atom. The van der Waals surface area contributed by atoms with E-state index in [9.17, 15) is 19.7 Å². The summed E-state index contributed by atoms with van der Waals surface area (Å²) < 4.78 is 5.23. The third kappa shape index (κ3) is 2.59. The summed E-state index contributed by atoms with van der Waals surface area (Å²) in [4.78, 5) is 36.5. The molecular weight excluding hydrogens is 362 g/mol. The molecular formula is C20H13N3O5. The van der Waals surface area contributed by atoms with Crippen molar-refractivity contribution < 1.29 is 19.2 Å². The summed E-state index contributed by atoms with van der Waals surface area (Å²) >= 11 is 0. The van der Waals surface area contributed by atoms with E-state index < -0.39 is 16.7 Å². The van der Waals surface area contributed by atoms with Gasteiger partial charge in [0, 0.05) is 17.0 Å². The Labute approximate surface area is 158 Å². The van der Waals surface area contributed by atoms with Gasteiger partial charge in [-0.2, -0.15) is 10.1 Å². The van der Waals surface area contributed by atoms with Gasteiger partial charge in [0.2, 0.25) is 0 Å². The highest BCUT2D eigenvalue weighted by molar-refractivity contribution is 6.26. The first-order chi connectivity index (χ1) is 13.5. The minimum atomic E-state index is -0.644. The van der Waals surface area contributed by atoms with Crippen LogP contribution >= 0.6 is 0 Å². The van der Waals surface area contributed by atoms with Crippen LogP contribution in [0.3, 0.4) is 0 Å². The fourth-order valence-corrected chi connectivity index (χ4v) is 3.23. The number of para-hydroxylation sites is 1. The number of ether oxygens (including phenoxy) is 1. The Hall–Kier alpha value is -4.07. The minimum Gasteiger partial charge on any atom is -0.496 e. The van der Waals surface area contributed by atoms with E-state index in [-0.39, 0.29) is 27.6 Å². The van der Waals surface area contributed by atoms with Crippen molar-refractivity contribution in [3.63, 3.8) is 0 Å². The predicted molar refractivity (Wildman–Crippen MR) is 102 cm³/mol. The van der Waals surface area contributed by atoms with Crippen molar-refractivity contribution in [1.29, 1.82) is 0 Å². The standard InChI is InChI=1S/C20H13N3O5/c1-28-17-8-3-2-5-12(17)11-21-22-19(24)14-7-4-6-13-16(23(26)27)10-9-15(18(13)14)20(22)25/h2-11H,1H3. The molecule has 0 aromatic heterocycles. The molecule has 0 radical (unpaired) electrons. The Morgan fingerprint density at radius 1 is 1.00 bits per heavy atom. The number of non-ortho nitro benzene ring substituents is 1. The molecule has 0 spiro atoms. The largest absolute Gasteiger partial charge is 0.496 e. The van der Waals surface area contributed by atoms with Gasteiger partial charge in [-0.25, -0.2) is 0 Å². The van der Waals surface area contributed by atoms with Crippen LogP contribution in [0, 0.1) is 10.1 Å². The Kier molecular flexibility index (Phi) is 4.08. The molecule has 0 aliphatic carbocycles. The van der Waals surface area contributed by atoms with E-state index in [0.717, 1.165) is 5.01 Å². The van der Waals surface area contributed by atoms with Gasteiger partial charge < -0.3 is 4.74 Å². The Bertz CT molecular complexity index is 1160. The van der Waals surface area contributed by atoms with Gasteiger partial charge in [-0.15, -0.1) is 0 Å². The van der Waals surface area contributed by atoms with Crippen molar-refractivity contribution in [2.45, 2.75) is 0 Å². The summed E-state index contributed by atoms with van der Waals surface area (Å²) in [5.41, 5.74) is 0.812. The van der Waals surface area contributed by atoms with Gasteiger partial charge in [-0.05, 0) is 30.3 Å². The molecule has 1 aliphatic rings. The first-order valence-electron chi connectivity index (χ1n) is 8.29. The zero-order valence-electron chi connectivity index (χ0n) is 14.7. The Balaban J connectivity index is 1.83. The summed E-state index contributed by atoms with van der Waals surface area (Å²) in [6.07, 6.45) is 1.37. The second-order valence-corrected chi connectivity index (χ2v) is 6.03. The van der Waals surface area contributed by atoms with Crippen LogP contribution in [0.1, 0.15) is 26.3 Å². The van der Waals surface area contributed by atoms with Crippen LogP contribution in [0.15, 0.2) is 59.7 Å². The van der Waals surface area contributed by atoms with Crippen LogP contribution in [0.2, 0.25) is 0 Å². The van der Waals surface area contributed by atoms with Gasteiger partial charge in [0.05, 0.1) is 34.8 Å². The van der Waals surface area contributed by atoms with Crippen molar-refractivity contribution in [1.82, 2.24) is 5.01 Å². The van der Waals surface area contributed by atoms with Crippen molar-refractivity contribution in [3.05, 3.63) is 81.4 Å². The lowest BCUT2D eigenvalue weighted by molar-refractivity contribution is -0.383. The number of hydrogen-bond donors (Lipinski definition) is 0. The number of nitro benzene ring substituents is 1. The van der Waals surface area contributed by atoms with Gasteiger partial charge in [0.25, 0.3) is 17.5 Å². The second-order valence-electron chi connectivity index (χ2n) is 6.03. The van der Waals surface area contributed by atoms with E-state index in [0.29, 0.717) is 11.3 Å². The maximum Gasteiger partial charge on any atom is 0.282 e. The molecule has 8 nitrogen and oxygen atoms in total. The molecule has 1 heterocycles. The van der Waals surface area contributed by atoms with E-state index in [1.807, 2.05) is 0 Å². The average Bonchev–Trinajstić information content (AvgIpc) is 2.71. The topological polar surface area (TPSA) is 102 Å². The summed E-state index contributed by atoms with van der Waals surface area (Å²) in [5, 5.41) is 16.6. The highest BCUT2D eigenvalue weighted by Gasteiger charge is 2.34. The number of rotatable bonds is 4. The lowest BCUT2D eigenvalue weighted by Gasteiger charge is -2.23. The van der Waals surface area contributed by atoms with Crippen molar-refractivity contribution in [2.75, 3.05) is 7.11 Å². The third-order valence-electron chi connectivity index (χ3n) is 4.51. The van der Waals surface area contributed by atoms with E-state index in [1.54, 1.807) is 30.3 Å². The first-order valence-corrected chi connectivity index (χ1v) is 8.29. The van der Waals surface area contributed by atoms with Gasteiger partial charge >= 0.3 is 0 Å². The molecule has 0 atom stereocenters. The van der Waals surface area contributed by atoms with E-state index in [4.69, 9.17) is 4.74 Å². The number of amides is 2. The molecule has 0 N–H and O–H groups in total. The fraction of sp³-hybridized carbons (Fsp3) is 0.0500. The lowest BCUT2D eigenvalue weighted by Crippen LogP contribution is -2.36. The second kappa shape index (κ2) is 6.58. The molecule has 0 saturated carbocycles. The Morgan fingerprint density at radius 3 is 2.43 bits per heavy atom. The van der Waals surface area contributed by atoms with Gasteiger partial charge in [0.1, 0.15) is 5.75 Å². The van der Waals surface area contributed by atoms with Crippen LogP contribution in [-0.4, -0.2) is 35.1 Å². The molecule has 8 heteroatoms.